The van der Waals surface area contributed by atoms with Gasteiger partial charge in [0.1, 0.15) is 17.8 Å². The van der Waals surface area contributed by atoms with Crippen molar-refractivity contribution in [1.82, 2.24) is 5.32 Å². The smallest absolute Gasteiger partial charge is 0.250 e. The van der Waals surface area contributed by atoms with E-state index in [1.807, 2.05) is 37.1 Å². The fourth-order valence-corrected chi connectivity index (χ4v) is 2.39. The molecule has 1 saturated heterocycles. The maximum Gasteiger partial charge on any atom is 0.250 e. The van der Waals surface area contributed by atoms with Crippen molar-refractivity contribution in [3.05, 3.63) is 35.4 Å². The van der Waals surface area contributed by atoms with E-state index in [0.717, 1.165) is 5.56 Å². The Bertz CT molecular complexity index is 549. The van der Waals surface area contributed by atoms with Crippen LogP contribution in [-0.2, 0) is 14.3 Å². The predicted molar refractivity (Wildman–Crippen MR) is 73.4 cm³/mol. The number of piperidine rings is 1. The van der Waals surface area contributed by atoms with Gasteiger partial charge >= 0.3 is 0 Å². The van der Waals surface area contributed by atoms with Crippen LogP contribution in [0.3, 0.4) is 0 Å². The van der Waals surface area contributed by atoms with E-state index in [2.05, 4.69) is 5.32 Å². The van der Waals surface area contributed by atoms with Crippen LogP contribution in [0.2, 0.25) is 0 Å². The lowest BCUT2D eigenvalue weighted by Crippen LogP contribution is -2.48. The van der Waals surface area contributed by atoms with E-state index in [1.54, 1.807) is 7.11 Å². The van der Waals surface area contributed by atoms with Crippen LogP contribution in [0, 0.1) is 0 Å². The Morgan fingerprint density at radius 2 is 2.25 bits per heavy atom. The molecule has 0 spiro atoms. The zero-order chi connectivity index (χ0) is 14.5. The molecular formula is C15H17NO4. The average molecular weight is 275 g/mol. The Morgan fingerprint density at radius 3 is 2.90 bits per heavy atom. The summed E-state index contributed by atoms with van der Waals surface area (Å²) in [6.07, 6.45) is -0.711. The Labute approximate surface area is 117 Å². The lowest BCUT2D eigenvalue weighted by Gasteiger charge is -2.31. The largest absolute Gasteiger partial charge is 0.497 e. The molecule has 106 valence electrons. The monoisotopic (exact) mass is 275 g/mol. The van der Waals surface area contributed by atoms with Gasteiger partial charge in [-0.15, -0.1) is 0 Å². The molecule has 0 radical (unpaired) electrons. The normalized spacial score (nSPS) is 22.1. The minimum atomic E-state index is -0.711. The van der Waals surface area contributed by atoms with E-state index >= 15 is 0 Å². The Morgan fingerprint density at radius 1 is 1.45 bits per heavy atom. The highest BCUT2D eigenvalue weighted by molar-refractivity contribution is 5.86. The fraction of sp³-hybridized carbons (Fsp3) is 0.400. The van der Waals surface area contributed by atoms with Crippen molar-refractivity contribution in [2.45, 2.75) is 18.9 Å². The van der Waals surface area contributed by atoms with E-state index in [0.29, 0.717) is 17.9 Å². The van der Waals surface area contributed by atoms with Crippen molar-refractivity contribution in [3.8, 4) is 5.75 Å². The summed E-state index contributed by atoms with van der Waals surface area (Å²) in [7, 11) is 1.57. The molecule has 1 fully saturated rings. The van der Waals surface area contributed by atoms with Crippen molar-refractivity contribution >= 4 is 11.8 Å². The molecule has 0 bridgehead atoms. The van der Waals surface area contributed by atoms with Crippen LogP contribution in [0.25, 0.3) is 0 Å². The minimum Gasteiger partial charge on any atom is -0.497 e. The summed E-state index contributed by atoms with van der Waals surface area (Å²) in [6.45, 7) is 2.41. The van der Waals surface area contributed by atoms with Gasteiger partial charge in [0.25, 0.3) is 0 Å². The second-order valence-corrected chi connectivity index (χ2v) is 4.48. The number of carbonyl (C=O) groups excluding carboxylic acids is 2. The van der Waals surface area contributed by atoms with Crippen molar-refractivity contribution in [2.75, 3.05) is 20.3 Å². The Hall–Kier alpha value is -2.10. The first-order chi connectivity index (χ1) is 9.71. The van der Waals surface area contributed by atoms with Crippen LogP contribution >= 0.6 is 0 Å². The number of benzene rings is 1. The molecular weight excluding hydrogens is 258 g/mol. The van der Waals surface area contributed by atoms with Crippen LogP contribution in [0.5, 0.6) is 5.75 Å². The van der Waals surface area contributed by atoms with Crippen LogP contribution in [0.4, 0.5) is 0 Å². The van der Waals surface area contributed by atoms with Crippen molar-refractivity contribution in [3.63, 3.8) is 0 Å². The number of ether oxygens (including phenoxy) is 2. The number of methoxy groups -OCH3 is 1. The van der Waals surface area contributed by atoms with E-state index in [1.165, 1.54) is 0 Å². The fourth-order valence-electron chi connectivity index (χ4n) is 2.39. The number of amides is 1. The number of nitrogens with one attached hydrogen (secondary N) is 1. The molecule has 2 rings (SSSR count). The standard InChI is InChI=1S/C15H17NO4/c1-3-20-14-13(11(9-17)8-16-15(14)18)10-5-4-6-12(7-10)19-2/h4-7,13-14H,3,8H2,1-2H3,(H,16,18). The van der Waals surface area contributed by atoms with E-state index in [9.17, 15) is 9.59 Å². The second-order valence-electron chi connectivity index (χ2n) is 4.48. The summed E-state index contributed by atoms with van der Waals surface area (Å²) < 4.78 is 10.7. The van der Waals surface area contributed by atoms with E-state index < -0.39 is 12.0 Å². The molecule has 1 amide bonds. The summed E-state index contributed by atoms with van der Waals surface area (Å²) in [6, 6.07) is 7.31. The SMILES string of the molecule is CCOC1C(=O)NCC(=C=O)C1c1cccc(OC)c1. The summed E-state index contributed by atoms with van der Waals surface area (Å²) >= 11 is 0. The second kappa shape index (κ2) is 6.37. The first kappa shape index (κ1) is 14.3. The molecule has 1 aliphatic rings. The quantitative estimate of drug-likeness (QED) is 0.835. The topological polar surface area (TPSA) is 64.6 Å². The van der Waals surface area contributed by atoms with Gasteiger partial charge in [-0.1, -0.05) is 12.1 Å². The minimum absolute atomic E-state index is 0.202. The van der Waals surface area contributed by atoms with Crippen LogP contribution in [-0.4, -0.2) is 38.2 Å². The first-order valence-electron chi connectivity index (χ1n) is 6.48. The molecule has 20 heavy (non-hydrogen) atoms. The zero-order valence-electron chi connectivity index (χ0n) is 11.5. The molecule has 5 nitrogen and oxygen atoms in total. The molecule has 0 saturated carbocycles. The third kappa shape index (κ3) is 2.74. The summed E-state index contributed by atoms with van der Waals surface area (Å²) in [5.41, 5.74) is 1.30. The molecule has 2 unspecified atom stereocenters. The van der Waals surface area contributed by atoms with Gasteiger partial charge in [-0.3, -0.25) is 4.79 Å². The molecule has 5 heteroatoms. The highest BCUT2D eigenvalue weighted by Gasteiger charge is 2.37. The van der Waals surface area contributed by atoms with Crippen LogP contribution in [0.15, 0.2) is 29.8 Å². The van der Waals surface area contributed by atoms with Gasteiger partial charge in [0, 0.05) is 12.2 Å². The predicted octanol–water partition coefficient (Wildman–Crippen LogP) is 1.07. The Kier molecular flexibility index (Phi) is 4.56. The lowest BCUT2D eigenvalue weighted by molar-refractivity contribution is -0.134. The van der Waals surface area contributed by atoms with Gasteiger partial charge in [0.2, 0.25) is 5.91 Å². The summed E-state index contributed by atoms with van der Waals surface area (Å²) in [4.78, 5) is 23.1. The third-order valence-electron chi connectivity index (χ3n) is 3.32. The highest BCUT2D eigenvalue weighted by atomic mass is 16.5. The van der Waals surface area contributed by atoms with Gasteiger partial charge in [-0.2, -0.15) is 0 Å². The summed E-state index contributed by atoms with van der Waals surface area (Å²) in [5.74, 6) is 1.98. The molecule has 0 aromatic heterocycles. The summed E-state index contributed by atoms with van der Waals surface area (Å²) in [5, 5.41) is 2.65. The van der Waals surface area contributed by atoms with E-state index in [4.69, 9.17) is 9.47 Å². The van der Waals surface area contributed by atoms with Crippen molar-refractivity contribution in [2.24, 2.45) is 0 Å². The third-order valence-corrected chi connectivity index (χ3v) is 3.32. The van der Waals surface area contributed by atoms with Gasteiger partial charge in [0.05, 0.1) is 19.6 Å². The molecule has 0 aliphatic carbocycles. The van der Waals surface area contributed by atoms with Crippen molar-refractivity contribution in [1.29, 1.82) is 0 Å². The molecule has 1 heterocycles. The maximum atomic E-state index is 12.0. The van der Waals surface area contributed by atoms with Crippen molar-refractivity contribution < 1.29 is 19.1 Å². The molecule has 1 aliphatic heterocycles. The van der Waals surface area contributed by atoms with Crippen LogP contribution in [0.1, 0.15) is 18.4 Å². The molecule has 1 aromatic rings. The highest BCUT2D eigenvalue weighted by Crippen LogP contribution is 2.32. The molecule has 1 N–H and O–H groups in total. The lowest BCUT2D eigenvalue weighted by atomic mass is 9.83. The zero-order valence-corrected chi connectivity index (χ0v) is 11.5. The number of rotatable bonds is 4. The number of hydrogen-bond donors (Lipinski definition) is 1. The van der Waals surface area contributed by atoms with Gasteiger partial charge in [0.15, 0.2) is 0 Å². The van der Waals surface area contributed by atoms with Gasteiger partial charge < -0.3 is 14.8 Å². The van der Waals surface area contributed by atoms with E-state index in [-0.39, 0.29) is 12.5 Å². The van der Waals surface area contributed by atoms with Gasteiger partial charge in [-0.25, -0.2) is 4.79 Å². The average Bonchev–Trinajstić information content (AvgIpc) is 2.49. The number of hydrogen-bond acceptors (Lipinski definition) is 4. The first-order valence-corrected chi connectivity index (χ1v) is 6.48. The van der Waals surface area contributed by atoms with Gasteiger partial charge in [-0.05, 0) is 24.6 Å². The Balaban J connectivity index is 2.44. The molecule has 2 atom stereocenters. The molecule has 1 aromatic carbocycles. The number of carbonyl (C=O) groups is 1. The maximum absolute atomic E-state index is 12.0. The van der Waals surface area contributed by atoms with Crippen LogP contribution < -0.4 is 10.1 Å².